The molecule has 0 atom stereocenters. The van der Waals surface area contributed by atoms with Gasteiger partial charge in [-0.25, -0.2) is 0 Å². The minimum Gasteiger partial charge on any atom is -0.496 e. The maximum Gasteiger partial charge on any atom is 0.273 e. The number of rotatable bonds is 6. The van der Waals surface area contributed by atoms with Gasteiger partial charge in [-0.15, -0.1) is 0 Å². The van der Waals surface area contributed by atoms with Gasteiger partial charge in [0.2, 0.25) is 5.91 Å². The quantitative estimate of drug-likeness (QED) is 0.566. The summed E-state index contributed by atoms with van der Waals surface area (Å²) in [5.41, 5.74) is 0.649. The first kappa shape index (κ1) is 13.9. The predicted molar refractivity (Wildman–Crippen MR) is 65.4 cm³/mol. The monoisotopic (exact) mass is 253 g/mol. The number of nitrogens with one attached hydrogen (secondary N) is 2. The van der Waals surface area contributed by atoms with E-state index in [-0.39, 0.29) is 18.1 Å². The Balaban J connectivity index is 2.72. The number of amides is 1. The maximum atomic E-state index is 11.0. The molecule has 0 spiro atoms. The second kappa shape index (κ2) is 6.55. The summed E-state index contributed by atoms with van der Waals surface area (Å²) in [6.07, 6.45) is 0. The largest absolute Gasteiger partial charge is 0.496 e. The van der Waals surface area contributed by atoms with Crippen LogP contribution in [0, 0.1) is 10.1 Å². The van der Waals surface area contributed by atoms with Crippen LogP contribution in [-0.2, 0) is 11.3 Å². The fourth-order valence-corrected chi connectivity index (χ4v) is 1.38. The first-order valence-corrected chi connectivity index (χ1v) is 5.30. The normalized spacial score (nSPS) is 9.89. The average Bonchev–Trinajstić information content (AvgIpc) is 2.37. The number of carbonyl (C=O) groups is 1. The van der Waals surface area contributed by atoms with E-state index in [2.05, 4.69) is 10.6 Å². The second-order valence-corrected chi connectivity index (χ2v) is 3.57. The van der Waals surface area contributed by atoms with Gasteiger partial charge in [0.05, 0.1) is 24.6 Å². The van der Waals surface area contributed by atoms with E-state index < -0.39 is 4.92 Å². The fraction of sp³-hybridized carbons (Fsp3) is 0.364. The third-order valence-corrected chi connectivity index (χ3v) is 2.29. The number of non-ortho nitro benzene ring substituents is 1. The van der Waals surface area contributed by atoms with Crippen molar-refractivity contribution in [3.63, 3.8) is 0 Å². The van der Waals surface area contributed by atoms with Crippen molar-refractivity contribution in [2.75, 3.05) is 20.7 Å². The lowest BCUT2D eigenvalue weighted by atomic mass is 10.2. The van der Waals surface area contributed by atoms with Gasteiger partial charge in [-0.1, -0.05) is 0 Å². The van der Waals surface area contributed by atoms with Gasteiger partial charge in [0, 0.05) is 19.7 Å². The van der Waals surface area contributed by atoms with Crippen LogP contribution in [0.5, 0.6) is 5.75 Å². The first-order valence-electron chi connectivity index (χ1n) is 5.30. The Hall–Kier alpha value is -2.15. The van der Waals surface area contributed by atoms with Crippen molar-refractivity contribution in [3.05, 3.63) is 33.9 Å². The Morgan fingerprint density at radius 2 is 2.17 bits per heavy atom. The summed E-state index contributed by atoms with van der Waals surface area (Å²) in [5, 5.41) is 16.1. The Kier molecular flexibility index (Phi) is 5.06. The molecule has 7 heteroatoms. The van der Waals surface area contributed by atoms with E-state index in [4.69, 9.17) is 4.74 Å². The molecule has 0 aliphatic rings. The second-order valence-electron chi connectivity index (χ2n) is 3.57. The molecular weight excluding hydrogens is 238 g/mol. The van der Waals surface area contributed by atoms with Gasteiger partial charge < -0.3 is 15.4 Å². The molecule has 1 amide bonds. The number of ether oxygens (including phenoxy) is 1. The first-order chi connectivity index (χ1) is 8.56. The van der Waals surface area contributed by atoms with Crippen molar-refractivity contribution in [2.45, 2.75) is 6.54 Å². The molecule has 0 heterocycles. The molecule has 0 aliphatic carbocycles. The Morgan fingerprint density at radius 3 is 2.72 bits per heavy atom. The summed E-state index contributed by atoms with van der Waals surface area (Å²) in [6.45, 7) is 0.507. The third kappa shape index (κ3) is 4.02. The topological polar surface area (TPSA) is 93.5 Å². The molecule has 0 bridgehead atoms. The highest BCUT2D eigenvalue weighted by Gasteiger charge is 2.10. The lowest BCUT2D eigenvalue weighted by Gasteiger charge is -2.06. The van der Waals surface area contributed by atoms with Crippen LogP contribution in [0.3, 0.4) is 0 Å². The van der Waals surface area contributed by atoms with E-state index in [0.717, 1.165) is 0 Å². The summed E-state index contributed by atoms with van der Waals surface area (Å²) in [6, 6.07) is 4.48. The van der Waals surface area contributed by atoms with Gasteiger partial charge in [0.15, 0.2) is 0 Å². The highest BCUT2D eigenvalue weighted by molar-refractivity contribution is 5.77. The zero-order valence-electron chi connectivity index (χ0n) is 10.2. The Bertz CT molecular complexity index is 448. The zero-order chi connectivity index (χ0) is 13.5. The van der Waals surface area contributed by atoms with Gasteiger partial charge in [-0.3, -0.25) is 14.9 Å². The fourth-order valence-electron chi connectivity index (χ4n) is 1.38. The number of benzene rings is 1. The molecule has 0 unspecified atom stereocenters. The van der Waals surface area contributed by atoms with Crippen LogP contribution in [0.15, 0.2) is 18.2 Å². The molecule has 1 aromatic rings. The van der Waals surface area contributed by atoms with Crippen molar-refractivity contribution in [1.82, 2.24) is 10.6 Å². The van der Waals surface area contributed by atoms with E-state index in [0.29, 0.717) is 17.9 Å². The van der Waals surface area contributed by atoms with Crippen LogP contribution in [-0.4, -0.2) is 31.5 Å². The van der Waals surface area contributed by atoms with Crippen molar-refractivity contribution < 1.29 is 14.5 Å². The predicted octanol–water partition coefficient (Wildman–Crippen LogP) is 0.439. The zero-order valence-corrected chi connectivity index (χ0v) is 10.2. The van der Waals surface area contributed by atoms with E-state index in [1.54, 1.807) is 13.1 Å². The number of nitro groups is 1. The maximum absolute atomic E-state index is 11.0. The van der Waals surface area contributed by atoms with Crippen LogP contribution in [0.1, 0.15) is 5.56 Å². The number of likely N-dealkylation sites (N-methyl/N-ethyl adjacent to an activating group) is 1. The van der Waals surface area contributed by atoms with Gasteiger partial charge in [0.1, 0.15) is 5.75 Å². The summed E-state index contributed by atoms with van der Waals surface area (Å²) in [5.74, 6) is 0.272. The Morgan fingerprint density at radius 1 is 1.44 bits per heavy atom. The van der Waals surface area contributed by atoms with E-state index in [1.165, 1.54) is 19.2 Å². The molecule has 2 N–H and O–H groups in total. The van der Waals surface area contributed by atoms with Crippen molar-refractivity contribution >= 4 is 11.6 Å². The summed E-state index contributed by atoms with van der Waals surface area (Å²) in [7, 11) is 2.99. The van der Waals surface area contributed by atoms with Gasteiger partial charge in [-0.2, -0.15) is 0 Å². The molecule has 0 saturated heterocycles. The lowest BCUT2D eigenvalue weighted by molar-refractivity contribution is -0.385. The number of hydrogen-bond acceptors (Lipinski definition) is 5. The highest BCUT2D eigenvalue weighted by Crippen LogP contribution is 2.22. The molecule has 1 rings (SSSR count). The molecule has 0 saturated carbocycles. The molecule has 98 valence electrons. The highest BCUT2D eigenvalue weighted by atomic mass is 16.6. The molecule has 0 aromatic heterocycles. The minimum atomic E-state index is -0.481. The van der Waals surface area contributed by atoms with E-state index in [9.17, 15) is 14.9 Å². The molecule has 1 aromatic carbocycles. The number of nitrogens with zero attached hydrogens (tertiary/aromatic N) is 1. The van der Waals surface area contributed by atoms with Crippen LogP contribution in [0.2, 0.25) is 0 Å². The molecule has 0 radical (unpaired) electrons. The van der Waals surface area contributed by atoms with Crippen LogP contribution in [0.4, 0.5) is 5.69 Å². The number of hydrogen-bond donors (Lipinski definition) is 2. The summed E-state index contributed by atoms with van der Waals surface area (Å²) < 4.78 is 4.98. The van der Waals surface area contributed by atoms with E-state index in [1.807, 2.05) is 0 Å². The number of carbonyl (C=O) groups excluding carboxylic acids is 1. The van der Waals surface area contributed by atoms with Gasteiger partial charge in [-0.05, 0) is 11.6 Å². The van der Waals surface area contributed by atoms with Crippen molar-refractivity contribution in [1.29, 1.82) is 0 Å². The molecule has 0 fully saturated rings. The van der Waals surface area contributed by atoms with Gasteiger partial charge in [0.25, 0.3) is 5.69 Å². The number of nitro benzene ring substituents is 1. The average molecular weight is 253 g/mol. The van der Waals surface area contributed by atoms with Crippen LogP contribution >= 0.6 is 0 Å². The molecule has 18 heavy (non-hydrogen) atoms. The Labute approximate surface area is 104 Å². The smallest absolute Gasteiger partial charge is 0.273 e. The van der Waals surface area contributed by atoms with Crippen molar-refractivity contribution in [3.8, 4) is 5.75 Å². The third-order valence-electron chi connectivity index (χ3n) is 2.29. The minimum absolute atomic E-state index is 0.0360. The van der Waals surface area contributed by atoms with Crippen molar-refractivity contribution in [2.24, 2.45) is 0 Å². The van der Waals surface area contributed by atoms with Crippen LogP contribution in [0.25, 0.3) is 0 Å². The summed E-state index contributed by atoms with van der Waals surface area (Å²) >= 11 is 0. The SMILES string of the molecule is CNC(=O)CNCc1cc(OC)cc([N+](=O)[O-])c1. The summed E-state index contributed by atoms with van der Waals surface area (Å²) in [4.78, 5) is 21.2. The lowest BCUT2D eigenvalue weighted by Crippen LogP contribution is -2.30. The number of methoxy groups -OCH3 is 1. The van der Waals surface area contributed by atoms with Gasteiger partial charge >= 0.3 is 0 Å². The molecule has 7 nitrogen and oxygen atoms in total. The molecular formula is C11H15N3O4. The van der Waals surface area contributed by atoms with E-state index >= 15 is 0 Å². The standard InChI is InChI=1S/C11H15N3O4/c1-12-11(15)7-13-6-8-3-9(14(16)17)5-10(4-8)18-2/h3-5,13H,6-7H2,1-2H3,(H,12,15). The molecule has 0 aliphatic heterocycles. The van der Waals surface area contributed by atoms with Crippen LogP contribution < -0.4 is 15.4 Å².